The van der Waals surface area contributed by atoms with Crippen molar-refractivity contribution in [2.45, 2.75) is 0 Å². The zero-order chi connectivity index (χ0) is 13.8. The van der Waals surface area contributed by atoms with Crippen LogP contribution in [0.4, 0.5) is 17.1 Å². The van der Waals surface area contributed by atoms with E-state index in [1.165, 1.54) is 0 Å². The largest absolute Gasteiger partial charge is 0.497 e. The molecule has 0 radical (unpaired) electrons. The zero-order valence-electron chi connectivity index (χ0n) is 10.3. The lowest BCUT2D eigenvalue weighted by molar-refractivity contribution is 0.415. The zero-order valence-corrected chi connectivity index (χ0v) is 11.9. The lowest BCUT2D eigenvalue weighted by Gasteiger charge is -2.11. The van der Waals surface area contributed by atoms with Gasteiger partial charge in [-0.15, -0.1) is 0 Å². The van der Waals surface area contributed by atoms with Gasteiger partial charge >= 0.3 is 0 Å². The quantitative estimate of drug-likeness (QED) is 0.847. The molecule has 96 valence electrons. The van der Waals surface area contributed by atoms with Gasteiger partial charge in [0.25, 0.3) is 0 Å². The molecule has 0 saturated carbocycles. The van der Waals surface area contributed by atoms with Gasteiger partial charge in [0.1, 0.15) is 11.8 Å². The van der Waals surface area contributed by atoms with Crippen LogP contribution >= 0.6 is 15.9 Å². The first-order chi connectivity index (χ1) is 9.13. The summed E-state index contributed by atoms with van der Waals surface area (Å²) in [6, 6.07) is 12.9. The van der Waals surface area contributed by atoms with Crippen LogP contribution in [0.2, 0.25) is 0 Å². The van der Waals surface area contributed by atoms with E-state index in [4.69, 9.17) is 15.7 Å². The van der Waals surface area contributed by atoms with Crippen LogP contribution in [0.5, 0.6) is 5.75 Å². The van der Waals surface area contributed by atoms with E-state index in [1.807, 2.05) is 24.3 Å². The van der Waals surface area contributed by atoms with E-state index >= 15 is 0 Å². The van der Waals surface area contributed by atoms with Crippen molar-refractivity contribution >= 4 is 33.0 Å². The third kappa shape index (κ3) is 2.98. The van der Waals surface area contributed by atoms with Gasteiger partial charge in [-0.05, 0) is 46.3 Å². The average Bonchev–Trinajstić information content (AvgIpc) is 2.41. The Morgan fingerprint density at radius 3 is 2.68 bits per heavy atom. The van der Waals surface area contributed by atoms with Gasteiger partial charge in [-0.1, -0.05) is 0 Å². The van der Waals surface area contributed by atoms with Crippen LogP contribution in [-0.2, 0) is 0 Å². The predicted molar refractivity (Wildman–Crippen MR) is 79.5 cm³/mol. The number of rotatable bonds is 3. The minimum atomic E-state index is 0.450. The molecule has 0 aliphatic carbocycles. The normalized spacial score (nSPS) is 9.74. The van der Waals surface area contributed by atoms with E-state index < -0.39 is 0 Å². The van der Waals surface area contributed by atoms with Crippen molar-refractivity contribution in [3.8, 4) is 11.8 Å². The fourth-order valence-electron chi connectivity index (χ4n) is 1.62. The maximum Gasteiger partial charge on any atom is 0.121 e. The molecule has 3 N–H and O–H groups in total. The highest BCUT2D eigenvalue weighted by Crippen LogP contribution is 2.30. The SMILES string of the molecule is COc1ccc(Br)c(Nc2ccc(C#N)c(N)c2)c1. The predicted octanol–water partition coefficient (Wildman–Crippen LogP) is 3.66. The van der Waals surface area contributed by atoms with Crippen LogP contribution in [-0.4, -0.2) is 7.11 Å². The lowest BCUT2D eigenvalue weighted by atomic mass is 10.1. The van der Waals surface area contributed by atoms with E-state index in [-0.39, 0.29) is 0 Å². The highest BCUT2D eigenvalue weighted by Gasteiger charge is 2.04. The number of nitrogens with zero attached hydrogens (tertiary/aromatic N) is 1. The first kappa shape index (κ1) is 13.2. The minimum absolute atomic E-state index is 0.450. The van der Waals surface area contributed by atoms with Crippen molar-refractivity contribution in [1.29, 1.82) is 5.26 Å². The molecule has 5 heteroatoms. The summed E-state index contributed by atoms with van der Waals surface area (Å²) in [6.45, 7) is 0. The fraction of sp³-hybridized carbons (Fsp3) is 0.0714. The van der Waals surface area contributed by atoms with Crippen LogP contribution in [0.15, 0.2) is 40.9 Å². The summed E-state index contributed by atoms with van der Waals surface area (Å²) >= 11 is 3.46. The molecule has 0 fully saturated rings. The molecule has 0 unspecified atom stereocenters. The number of benzene rings is 2. The molecule has 2 aromatic carbocycles. The number of hydrogen-bond donors (Lipinski definition) is 2. The van der Waals surface area contributed by atoms with Gasteiger partial charge in [-0.25, -0.2) is 0 Å². The summed E-state index contributed by atoms with van der Waals surface area (Å²) < 4.78 is 6.09. The molecular weight excluding hydrogens is 306 g/mol. The van der Waals surface area contributed by atoms with E-state index in [2.05, 4.69) is 21.2 Å². The Bertz CT molecular complexity index is 650. The van der Waals surface area contributed by atoms with E-state index in [1.54, 1.807) is 25.3 Å². The van der Waals surface area contributed by atoms with Crippen LogP contribution in [0.25, 0.3) is 0 Å². The molecule has 0 saturated heterocycles. The minimum Gasteiger partial charge on any atom is -0.497 e. The molecule has 0 bridgehead atoms. The standard InChI is InChI=1S/C14H12BrN3O/c1-19-11-4-5-12(15)14(7-11)18-10-3-2-9(8-16)13(17)6-10/h2-7,18H,17H2,1H3. The second-order valence-electron chi connectivity index (χ2n) is 3.88. The molecule has 0 amide bonds. The Balaban J connectivity index is 2.31. The summed E-state index contributed by atoms with van der Waals surface area (Å²) in [4.78, 5) is 0. The van der Waals surface area contributed by atoms with Crippen LogP contribution in [0.3, 0.4) is 0 Å². The highest BCUT2D eigenvalue weighted by molar-refractivity contribution is 9.10. The Hall–Kier alpha value is -2.19. The van der Waals surface area contributed by atoms with E-state index in [0.29, 0.717) is 11.3 Å². The monoisotopic (exact) mass is 317 g/mol. The maximum absolute atomic E-state index is 8.84. The molecule has 0 heterocycles. The molecule has 4 nitrogen and oxygen atoms in total. The number of ether oxygens (including phenoxy) is 1. The molecule has 2 aromatic rings. The number of methoxy groups -OCH3 is 1. The molecule has 0 aliphatic rings. The Kier molecular flexibility index (Phi) is 3.93. The van der Waals surface area contributed by atoms with E-state index in [0.717, 1.165) is 21.6 Å². The molecule has 0 atom stereocenters. The van der Waals surface area contributed by atoms with Crippen molar-refractivity contribution in [2.75, 3.05) is 18.2 Å². The second kappa shape index (κ2) is 5.63. The molecule has 0 aromatic heterocycles. The van der Waals surface area contributed by atoms with Gasteiger partial charge in [0.05, 0.1) is 24.0 Å². The second-order valence-corrected chi connectivity index (χ2v) is 4.74. The Labute approximate surface area is 119 Å². The van der Waals surface area contributed by atoms with Crippen LogP contribution in [0, 0.1) is 11.3 Å². The van der Waals surface area contributed by atoms with E-state index in [9.17, 15) is 0 Å². The fourth-order valence-corrected chi connectivity index (χ4v) is 1.97. The lowest BCUT2D eigenvalue weighted by Crippen LogP contribution is -1.96. The van der Waals surface area contributed by atoms with Crippen LogP contribution < -0.4 is 15.8 Å². The Morgan fingerprint density at radius 1 is 1.26 bits per heavy atom. The smallest absolute Gasteiger partial charge is 0.121 e. The summed E-state index contributed by atoms with van der Waals surface area (Å²) in [6.07, 6.45) is 0. The number of hydrogen-bond acceptors (Lipinski definition) is 4. The summed E-state index contributed by atoms with van der Waals surface area (Å²) in [5, 5.41) is 12.1. The molecule has 0 spiro atoms. The number of anilines is 3. The highest BCUT2D eigenvalue weighted by atomic mass is 79.9. The summed E-state index contributed by atoms with van der Waals surface area (Å²) in [5.41, 5.74) is 8.37. The summed E-state index contributed by atoms with van der Waals surface area (Å²) in [7, 11) is 1.62. The number of nitrogen functional groups attached to an aromatic ring is 1. The molecule has 2 rings (SSSR count). The Morgan fingerprint density at radius 2 is 2.05 bits per heavy atom. The third-order valence-corrected chi connectivity index (χ3v) is 3.32. The first-order valence-electron chi connectivity index (χ1n) is 5.54. The topological polar surface area (TPSA) is 71.1 Å². The van der Waals surface area contributed by atoms with Gasteiger partial charge in [0.2, 0.25) is 0 Å². The third-order valence-electron chi connectivity index (χ3n) is 2.62. The molecule has 0 aliphatic heterocycles. The van der Waals surface area contributed by atoms with Crippen molar-refractivity contribution < 1.29 is 4.74 Å². The molecule has 19 heavy (non-hydrogen) atoms. The van der Waals surface area contributed by atoms with Crippen LogP contribution in [0.1, 0.15) is 5.56 Å². The maximum atomic E-state index is 8.84. The van der Waals surface area contributed by atoms with Crippen molar-refractivity contribution in [1.82, 2.24) is 0 Å². The van der Waals surface area contributed by atoms with Crippen molar-refractivity contribution in [3.05, 3.63) is 46.4 Å². The average molecular weight is 318 g/mol. The van der Waals surface area contributed by atoms with Crippen molar-refractivity contribution in [3.63, 3.8) is 0 Å². The van der Waals surface area contributed by atoms with Gasteiger partial charge in [-0.2, -0.15) is 5.26 Å². The summed E-state index contributed by atoms with van der Waals surface area (Å²) in [5.74, 6) is 0.757. The number of halogens is 1. The van der Waals surface area contributed by atoms with Gasteiger partial charge in [0.15, 0.2) is 0 Å². The van der Waals surface area contributed by atoms with Gasteiger partial charge in [-0.3, -0.25) is 0 Å². The van der Waals surface area contributed by atoms with Crippen molar-refractivity contribution in [2.24, 2.45) is 0 Å². The van der Waals surface area contributed by atoms with Gasteiger partial charge < -0.3 is 15.8 Å². The number of nitriles is 1. The number of nitrogens with one attached hydrogen (secondary N) is 1. The first-order valence-corrected chi connectivity index (χ1v) is 6.33. The molecular formula is C14H12BrN3O. The van der Waals surface area contributed by atoms with Gasteiger partial charge in [0, 0.05) is 16.2 Å². The number of nitrogens with two attached hydrogens (primary N) is 1.